The molecule has 3 fully saturated rings. The number of anilines is 2. The summed E-state index contributed by atoms with van der Waals surface area (Å²) < 4.78 is 23.7. The predicted octanol–water partition coefficient (Wildman–Crippen LogP) is 3.45. The molecule has 5 aliphatic heterocycles. The zero-order chi connectivity index (χ0) is 41.1. The number of hydrogen-bond acceptors (Lipinski definition) is 11. The second-order valence-corrected chi connectivity index (χ2v) is 16.2. The maximum absolute atomic E-state index is 16.1. The predicted molar refractivity (Wildman–Crippen MR) is 211 cm³/mol. The first-order valence-corrected chi connectivity index (χ1v) is 20.1. The van der Waals surface area contributed by atoms with Crippen molar-refractivity contribution in [3.63, 3.8) is 0 Å². The Bertz CT molecular complexity index is 2410. The number of likely N-dealkylation sites (tertiary alicyclic amines) is 1. The van der Waals surface area contributed by atoms with Gasteiger partial charge in [-0.1, -0.05) is 0 Å². The maximum atomic E-state index is 16.1. The number of alkyl halides is 1. The summed E-state index contributed by atoms with van der Waals surface area (Å²) in [7, 11) is 0. The zero-order valence-electron chi connectivity index (χ0n) is 32.7. The Kier molecular flexibility index (Phi) is 9.85. The molecular formula is C42H44FN9O7. The minimum absolute atomic E-state index is 0.0616. The Labute approximate surface area is 338 Å². The van der Waals surface area contributed by atoms with Gasteiger partial charge < -0.3 is 24.8 Å². The average Bonchev–Trinajstić information content (AvgIpc) is 3.86. The summed E-state index contributed by atoms with van der Waals surface area (Å²) >= 11 is 0. The van der Waals surface area contributed by atoms with Crippen LogP contribution in [0.3, 0.4) is 0 Å². The summed E-state index contributed by atoms with van der Waals surface area (Å²) in [6.07, 6.45) is 5.61. The number of halogens is 1. The van der Waals surface area contributed by atoms with Gasteiger partial charge in [0.2, 0.25) is 11.8 Å². The maximum Gasteiger partial charge on any atom is 0.262 e. The highest BCUT2D eigenvalue weighted by atomic mass is 19.1. The largest absolute Gasteiger partial charge is 0.489 e. The van der Waals surface area contributed by atoms with Crippen LogP contribution in [0.2, 0.25) is 0 Å². The lowest BCUT2D eigenvalue weighted by atomic mass is 9.93. The van der Waals surface area contributed by atoms with Gasteiger partial charge in [0, 0.05) is 69.3 Å². The molecule has 16 nitrogen and oxygen atoms in total. The van der Waals surface area contributed by atoms with E-state index in [4.69, 9.17) is 4.74 Å². The van der Waals surface area contributed by atoms with Crippen LogP contribution in [0.5, 0.6) is 5.75 Å². The molecule has 3 saturated heterocycles. The Morgan fingerprint density at radius 2 is 1.76 bits per heavy atom. The molecule has 2 N–H and O–H groups in total. The van der Waals surface area contributed by atoms with Crippen LogP contribution in [0.25, 0.3) is 5.65 Å². The number of benzene rings is 2. The van der Waals surface area contributed by atoms with Crippen molar-refractivity contribution in [2.45, 2.75) is 76.9 Å². The fraction of sp³-hybridized carbons (Fsp3) is 0.429. The summed E-state index contributed by atoms with van der Waals surface area (Å²) in [5.41, 5.74) is 3.53. The third-order valence-corrected chi connectivity index (χ3v) is 12.1. The first-order chi connectivity index (χ1) is 28.4. The van der Waals surface area contributed by atoms with Gasteiger partial charge in [-0.3, -0.25) is 39.0 Å². The van der Waals surface area contributed by atoms with Gasteiger partial charge in [0.15, 0.2) is 5.65 Å². The van der Waals surface area contributed by atoms with Crippen molar-refractivity contribution >= 4 is 52.5 Å². The van der Waals surface area contributed by atoms with Crippen molar-refractivity contribution in [3.05, 3.63) is 82.8 Å². The highest BCUT2D eigenvalue weighted by Crippen LogP contribution is 2.38. The van der Waals surface area contributed by atoms with Gasteiger partial charge >= 0.3 is 0 Å². The number of rotatable bonds is 9. The highest BCUT2D eigenvalue weighted by molar-refractivity contribution is 6.23. The van der Waals surface area contributed by atoms with Crippen molar-refractivity contribution in [3.8, 4) is 5.75 Å². The zero-order valence-corrected chi connectivity index (χ0v) is 32.7. The number of ether oxygens (including phenoxy) is 1. The molecule has 306 valence electrons. The van der Waals surface area contributed by atoms with Crippen LogP contribution < -0.4 is 20.3 Å². The van der Waals surface area contributed by atoms with Crippen molar-refractivity contribution in [1.29, 1.82) is 0 Å². The van der Waals surface area contributed by atoms with E-state index in [0.29, 0.717) is 47.1 Å². The van der Waals surface area contributed by atoms with E-state index in [1.165, 1.54) is 10.7 Å². The number of carbonyl (C=O) groups excluding carboxylic acids is 6. The molecule has 59 heavy (non-hydrogen) atoms. The molecule has 3 atom stereocenters. The topological polar surface area (TPSA) is 179 Å². The summed E-state index contributed by atoms with van der Waals surface area (Å²) in [6, 6.07) is 8.68. The first kappa shape index (κ1) is 38.3. The molecular weight excluding hydrogens is 762 g/mol. The van der Waals surface area contributed by atoms with E-state index in [1.807, 2.05) is 19.9 Å². The van der Waals surface area contributed by atoms with E-state index >= 15 is 4.39 Å². The van der Waals surface area contributed by atoms with E-state index in [9.17, 15) is 28.8 Å². The van der Waals surface area contributed by atoms with Crippen molar-refractivity contribution < 1.29 is 37.9 Å². The van der Waals surface area contributed by atoms with E-state index < -0.39 is 47.8 Å². The molecule has 6 amide bonds. The van der Waals surface area contributed by atoms with E-state index in [1.54, 1.807) is 47.6 Å². The molecule has 0 radical (unpaired) electrons. The Morgan fingerprint density at radius 3 is 2.53 bits per heavy atom. The van der Waals surface area contributed by atoms with E-state index in [-0.39, 0.29) is 54.6 Å². The molecule has 17 heteroatoms. The molecule has 1 unspecified atom stereocenters. The van der Waals surface area contributed by atoms with Crippen LogP contribution in [-0.2, 0) is 16.1 Å². The van der Waals surface area contributed by atoms with Gasteiger partial charge in [0.05, 0.1) is 35.2 Å². The number of piperidine rings is 3. The van der Waals surface area contributed by atoms with Gasteiger partial charge in [-0.25, -0.2) is 13.9 Å². The minimum atomic E-state index is -1.25. The normalized spacial score (nSPS) is 22.7. The number of imide groups is 2. The molecule has 0 saturated carbocycles. The van der Waals surface area contributed by atoms with Crippen LogP contribution in [0.1, 0.15) is 92.9 Å². The summed E-state index contributed by atoms with van der Waals surface area (Å²) in [5.74, 6) is -2.12. The minimum Gasteiger partial charge on any atom is -0.489 e. The molecule has 5 aliphatic rings. The van der Waals surface area contributed by atoms with Crippen LogP contribution in [0, 0.1) is 5.92 Å². The molecule has 2 aromatic carbocycles. The molecule has 7 heterocycles. The molecule has 0 aliphatic carbocycles. The second kappa shape index (κ2) is 15.2. The standard InChI is InChI=1S/C42H44FN9O7/c1-23(2)59-35-18-28-25(16-32(35)46-38(54)30-19-45-51-12-3-11-44-37(30)51)21-50(40(28)56)33-10-13-48(22-31(33)43)20-24-8-14-49(15-9-24)26-4-5-27-29(17-26)42(58)52(41(27)57)34-6-7-36(53)47-39(34)55/h3-5,11-12,16-19,23-24,31,33-34H,6-10,13-15,20-22H2,1-2H3,(H,46,54)(H,47,53,55)/t31-,33-,34?/m0/s1. The number of hydrogen-bond donors (Lipinski definition) is 2. The number of aromatic nitrogens is 3. The molecule has 2 aromatic heterocycles. The first-order valence-electron chi connectivity index (χ1n) is 20.1. The van der Waals surface area contributed by atoms with Crippen molar-refractivity contribution in [2.24, 2.45) is 5.92 Å². The summed E-state index contributed by atoms with van der Waals surface area (Å²) in [6.45, 7) is 6.97. The Hall–Kier alpha value is -6.23. The van der Waals surface area contributed by atoms with Gasteiger partial charge in [-0.15, -0.1) is 0 Å². The van der Waals surface area contributed by atoms with Gasteiger partial charge in [-0.2, -0.15) is 5.10 Å². The van der Waals surface area contributed by atoms with E-state index in [0.717, 1.165) is 43.1 Å². The molecule has 9 rings (SSSR count). The van der Waals surface area contributed by atoms with Crippen LogP contribution in [0.4, 0.5) is 15.8 Å². The Morgan fingerprint density at radius 1 is 0.966 bits per heavy atom. The van der Waals surface area contributed by atoms with Gasteiger partial charge in [-0.05, 0) is 87.4 Å². The fourth-order valence-corrected chi connectivity index (χ4v) is 9.13. The quantitative estimate of drug-likeness (QED) is 0.237. The fourth-order valence-electron chi connectivity index (χ4n) is 9.13. The monoisotopic (exact) mass is 805 g/mol. The van der Waals surface area contributed by atoms with Gasteiger partial charge in [0.25, 0.3) is 23.6 Å². The lowest BCUT2D eigenvalue weighted by Crippen LogP contribution is -2.54. The van der Waals surface area contributed by atoms with Crippen LogP contribution in [-0.4, -0.2) is 122 Å². The van der Waals surface area contributed by atoms with Crippen molar-refractivity contribution in [2.75, 3.05) is 42.9 Å². The third kappa shape index (κ3) is 7.06. The van der Waals surface area contributed by atoms with Crippen LogP contribution in [0.15, 0.2) is 55.0 Å². The SMILES string of the molecule is CC(C)Oc1cc2c(cc1NC(=O)c1cnn3cccnc13)CN([C@H]1CCN(CC3CCN(c4ccc5c(c4)C(=O)N(C4CCC(=O)NC4=O)C5=O)CC3)C[C@@H]1F)C2=O. The summed E-state index contributed by atoms with van der Waals surface area (Å²) in [4.78, 5) is 89.0. The lowest BCUT2D eigenvalue weighted by Gasteiger charge is -2.41. The third-order valence-electron chi connectivity index (χ3n) is 12.1. The van der Waals surface area contributed by atoms with Crippen LogP contribution >= 0.6 is 0 Å². The highest BCUT2D eigenvalue weighted by Gasteiger charge is 2.45. The smallest absolute Gasteiger partial charge is 0.262 e. The number of nitrogens with one attached hydrogen (secondary N) is 2. The molecule has 4 aromatic rings. The summed E-state index contributed by atoms with van der Waals surface area (Å²) in [5, 5.41) is 9.35. The second-order valence-electron chi connectivity index (χ2n) is 16.2. The number of nitrogens with zero attached hydrogens (tertiary/aromatic N) is 7. The lowest BCUT2D eigenvalue weighted by molar-refractivity contribution is -0.136. The van der Waals surface area contributed by atoms with E-state index in [2.05, 4.69) is 30.5 Å². The van der Waals surface area contributed by atoms with Gasteiger partial charge in [0.1, 0.15) is 23.5 Å². The number of carbonyl (C=O) groups is 6. The van der Waals surface area contributed by atoms with Crippen molar-refractivity contribution in [1.82, 2.24) is 34.6 Å². The molecule has 0 spiro atoms. The number of fused-ring (bicyclic) bond motifs is 3. The Balaban J connectivity index is 0.801. The molecule has 0 bridgehead atoms. The average molecular weight is 806 g/mol. The number of amides is 6.